The normalized spacial score (nSPS) is 13.1. The Kier molecular flexibility index (Phi) is 8.09. The highest BCUT2D eigenvalue weighted by atomic mass is 16.5. The summed E-state index contributed by atoms with van der Waals surface area (Å²) >= 11 is 0. The smallest absolute Gasteiger partial charge is 0.256 e. The quantitative estimate of drug-likeness (QED) is 0.500. The molecule has 1 amide bonds. The molecule has 160 valence electrons. The molecule has 0 aliphatic carbocycles. The van der Waals surface area contributed by atoms with Crippen LogP contribution in [0.25, 0.3) is 10.8 Å². The van der Waals surface area contributed by atoms with Gasteiger partial charge in [0, 0.05) is 23.6 Å². The van der Waals surface area contributed by atoms with E-state index in [1.54, 1.807) is 7.11 Å². The van der Waals surface area contributed by atoms with E-state index in [1.807, 2.05) is 36.4 Å². The number of fused-ring (bicyclic) bond motifs is 1. The van der Waals surface area contributed by atoms with Gasteiger partial charge < -0.3 is 14.8 Å². The van der Waals surface area contributed by atoms with Gasteiger partial charge in [-0.3, -0.25) is 4.79 Å². The first-order chi connectivity index (χ1) is 13.7. The van der Waals surface area contributed by atoms with Gasteiger partial charge in [0.15, 0.2) is 0 Å². The first-order valence-electron chi connectivity index (χ1n) is 10.8. The van der Waals surface area contributed by atoms with Gasteiger partial charge in [-0.15, -0.1) is 0 Å². The number of hydrogen-bond acceptors (Lipinski definition) is 3. The predicted octanol–water partition coefficient (Wildman–Crippen LogP) is 6.43. The zero-order valence-corrected chi connectivity index (χ0v) is 19.0. The minimum atomic E-state index is -0.838. The molecule has 0 heterocycles. The molecule has 0 radical (unpaired) electrons. The molecule has 2 rings (SSSR count). The summed E-state index contributed by atoms with van der Waals surface area (Å²) < 4.78 is 12.0. The highest BCUT2D eigenvalue weighted by molar-refractivity contribution is 6.06. The molecule has 4 heteroatoms. The van der Waals surface area contributed by atoms with Crippen molar-refractivity contribution in [1.29, 1.82) is 0 Å². The Hall–Kier alpha value is -2.07. The van der Waals surface area contributed by atoms with E-state index in [2.05, 4.69) is 46.9 Å². The third-order valence-corrected chi connectivity index (χ3v) is 5.32. The number of rotatable bonds is 10. The number of hydrogen-bond donors (Lipinski definition) is 1. The third-order valence-electron chi connectivity index (χ3n) is 5.32. The van der Waals surface area contributed by atoms with Crippen LogP contribution < -0.4 is 10.1 Å². The van der Waals surface area contributed by atoms with Crippen molar-refractivity contribution in [3.05, 3.63) is 36.4 Å². The monoisotopic (exact) mass is 399 g/mol. The van der Waals surface area contributed by atoms with Gasteiger partial charge in [0.1, 0.15) is 11.4 Å². The third kappa shape index (κ3) is 5.72. The van der Waals surface area contributed by atoms with Gasteiger partial charge in [0.2, 0.25) is 0 Å². The van der Waals surface area contributed by atoms with Crippen LogP contribution in [0, 0.1) is 11.8 Å². The lowest BCUT2D eigenvalue weighted by atomic mass is 9.84. The van der Waals surface area contributed by atoms with Crippen molar-refractivity contribution in [2.75, 3.05) is 12.4 Å². The van der Waals surface area contributed by atoms with Gasteiger partial charge in [-0.05, 0) is 50.2 Å². The summed E-state index contributed by atoms with van der Waals surface area (Å²) in [5.41, 5.74) is -0.0500. The molecule has 0 fully saturated rings. The van der Waals surface area contributed by atoms with Gasteiger partial charge in [-0.1, -0.05) is 58.9 Å². The Morgan fingerprint density at radius 3 is 2.07 bits per heavy atom. The summed E-state index contributed by atoms with van der Waals surface area (Å²) in [6.45, 7) is 12.7. The summed E-state index contributed by atoms with van der Waals surface area (Å²) in [7, 11) is 1.64. The summed E-state index contributed by atoms with van der Waals surface area (Å²) in [5.74, 6) is 1.46. The van der Waals surface area contributed by atoms with E-state index in [0.717, 1.165) is 28.6 Å². The number of ether oxygens (including phenoxy) is 2. The van der Waals surface area contributed by atoms with Crippen LogP contribution in [0.1, 0.15) is 60.8 Å². The van der Waals surface area contributed by atoms with Crippen LogP contribution in [0.2, 0.25) is 0 Å². The maximum absolute atomic E-state index is 13.4. The minimum absolute atomic E-state index is 0.0804. The maximum Gasteiger partial charge on any atom is 0.256 e. The molecule has 1 atom stereocenters. The fourth-order valence-corrected chi connectivity index (χ4v) is 3.87. The van der Waals surface area contributed by atoms with Crippen LogP contribution in [0.5, 0.6) is 5.75 Å². The van der Waals surface area contributed by atoms with E-state index < -0.39 is 5.60 Å². The van der Waals surface area contributed by atoms with Gasteiger partial charge >= 0.3 is 0 Å². The van der Waals surface area contributed by atoms with Crippen LogP contribution >= 0.6 is 0 Å². The number of methoxy groups -OCH3 is 1. The highest BCUT2D eigenvalue weighted by Gasteiger charge is 2.40. The number of amides is 1. The van der Waals surface area contributed by atoms with Crippen LogP contribution in [0.3, 0.4) is 0 Å². The number of benzene rings is 2. The fourth-order valence-electron chi connectivity index (χ4n) is 3.87. The van der Waals surface area contributed by atoms with Crippen LogP contribution in [0.15, 0.2) is 36.4 Å². The van der Waals surface area contributed by atoms with E-state index in [9.17, 15) is 4.79 Å². The summed E-state index contributed by atoms with van der Waals surface area (Å²) in [6, 6.07) is 11.9. The average Bonchev–Trinajstić information content (AvgIpc) is 2.68. The SMILES string of the molecule is CCC(C)Oc1ccc(NC(=O)C(CC(C)C)(CC(C)C)OC)c2ccccc12. The topological polar surface area (TPSA) is 47.6 Å². The van der Waals surface area contributed by atoms with Crippen molar-refractivity contribution in [2.24, 2.45) is 11.8 Å². The summed E-state index contributed by atoms with van der Waals surface area (Å²) in [4.78, 5) is 13.4. The number of carbonyl (C=O) groups excluding carboxylic acids is 1. The molecule has 0 saturated heterocycles. The molecule has 4 nitrogen and oxygen atoms in total. The molecule has 2 aromatic rings. The number of anilines is 1. The first kappa shape index (κ1) is 23.2. The molecule has 0 aliphatic rings. The second-order valence-corrected chi connectivity index (χ2v) is 8.84. The first-order valence-corrected chi connectivity index (χ1v) is 10.8. The molecule has 0 bridgehead atoms. The van der Waals surface area contributed by atoms with Crippen molar-refractivity contribution < 1.29 is 14.3 Å². The molecule has 29 heavy (non-hydrogen) atoms. The Morgan fingerprint density at radius 1 is 0.966 bits per heavy atom. The highest BCUT2D eigenvalue weighted by Crippen LogP contribution is 2.35. The molecule has 0 aromatic heterocycles. The molecule has 0 saturated carbocycles. The van der Waals surface area contributed by atoms with Gasteiger partial charge in [-0.25, -0.2) is 0 Å². The fraction of sp³-hybridized carbons (Fsp3) is 0.560. The zero-order valence-electron chi connectivity index (χ0n) is 19.0. The van der Waals surface area contributed by atoms with E-state index >= 15 is 0 Å². The molecule has 1 N–H and O–H groups in total. The summed E-state index contributed by atoms with van der Waals surface area (Å²) in [6.07, 6.45) is 2.44. The lowest BCUT2D eigenvalue weighted by Crippen LogP contribution is -2.47. The lowest BCUT2D eigenvalue weighted by molar-refractivity contribution is -0.142. The molecule has 1 unspecified atom stereocenters. The Morgan fingerprint density at radius 2 is 1.55 bits per heavy atom. The van der Waals surface area contributed by atoms with Gasteiger partial charge in [0.05, 0.1) is 6.10 Å². The van der Waals surface area contributed by atoms with E-state index in [-0.39, 0.29) is 12.0 Å². The zero-order chi connectivity index (χ0) is 21.6. The van der Waals surface area contributed by atoms with Crippen LogP contribution in [-0.4, -0.2) is 24.7 Å². The Labute approximate surface area is 176 Å². The van der Waals surface area contributed by atoms with Crippen molar-refractivity contribution in [3.8, 4) is 5.75 Å². The molecule has 0 aliphatic heterocycles. The predicted molar refractivity (Wildman–Crippen MR) is 122 cm³/mol. The van der Waals surface area contributed by atoms with Crippen molar-refractivity contribution in [2.45, 2.75) is 72.5 Å². The Balaban J connectivity index is 2.41. The maximum atomic E-state index is 13.4. The molecule has 2 aromatic carbocycles. The van der Waals surface area contributed by atoms with E-state index in [1.165, 1.54) is 0 Å². The minimum Gasteiger partial charge on any atom is -0.490 e. The van der Waals surface area contributed by atoms with Crippen molar-refractivity contribution >= 4 is 22.4 Å². The second-order valence-electron chi connectivity index (χ2n) is 8.84. The standard InChI is InChI=1S/C25H37NO3/c1-8-19(6)29-23-14-13-22(20-11-9-10-12-21(20)23)26-24(27)25(28-7,15-17(2)3)16-18(4)5/h9-14,17-19H,8,15-16H2,1-7H3,(H,26,27). The lowest BCUT2D eigenvalue weighted by Gasteiger charge is -2.34. The van der Waals surface area contributed by atoms with Crippen LogP contribution in [0.4, 0.5) is 5.69 Å². The van der Waals surface area contributed by atoms with E-state index in [4.69, 9.17) is 9.47 Å². The van der Waals surface area contributed by atoms with Gasteiger partial charge in [0.25, 0.3) is 5.91 Å². The molecular formula is C25H37NO3. The summed E-state index contributed by atoms with van der Waals surface area (Å²) in [5, 5.41) is 5.14. The molecule has 0 spiro atoms. The van der Waals surface area contributed by atoms with Crippen molar-refractivity contribution in [3.63, 3.8) is 0 Å². The van der Waals surface area contributed by atoms with Crippen molar-refractivity contribution in [1.82, 2.24) is 0 Å². The average molecular weight is 400 g/mol. The number of nitrogens with one attached hydrogen (secondary N) is 1. The molecular weight excluding hydrogens is 362 g/mol. The largest absolute Gasteiger partial charge is 0.490 e. The van der Waals surface area contributed by atoms with E-state index in [0.29, 0.717) is 24.7 Å². The Bertz CT molecular complexity index is 803. The van der Waals surface area contributed by atoms with Gasteiger partial charge in [-0.2, -0.15) is 0 Å². The second kappa shape index (κ2) is 10.1. The van der Waals surface area contributed by atoms with Crippen LogP contribution in [-0.2, 0) is 9.53 Å². The number of carbonyl (C=O) groups is 1.